The average Bonchev–Trinajstić information content (AvgIpc) is 2.58. The van der Waals surface area contributed by atoms with E-state index in [-0.39, 0.29) is 28.3 Å². The highest BCUT2D eigenvalue weighted by molar-refractivity contribution is 6.30. The number of rotatable bonds is 1. The Hall–Kier alpha value is -3.14. The number of hydrogen-bond donors (Lipinski definition) is 0. The predicted octanol–water partition coefficient (Wildman–Crippen LogP) is 4.41. The van der Waals surface area contributed by atoms with Crippen molar-refractivity contribution in [1.29, 1.82) is 0 Å². The van der Waals surface area contributed by atoms with Crippen LogP contribution in [-0.2, 0) is 0 Å². The zero-order chi connectivity index (χ0) is 16.8. The Morgan fingerprint density at radius 1 is 0.583 bits per heavy atom. The monoisotopic (exact) mass is 320 g/mol. The summed E-state index contributed by atoms with van der Waals surface area (Å²) in [6, 6.07) is 14.4. The van der Waals surface area contributed by atoms with Crippen LogP contribution in [0.15, 0.2) is 60.7 Å². The second-order valence-electron chi connectivity index (χ2n) is 5.59. The van der Waals surface area contributed by atoms with E-state index in [1.807, 2.05) is 0 Å². The molecular formula is C20H10F2O2. The summed E-state index contributed by atoms with van der Waals surface area (Å²) in [4.78, 5) is 25.5. The van der Waals surface area contributed by atoms with Crippen LogP contribution in [0.1, 0.15) is 31.8 Å². The summed E-state index contributed by atoms with van der Waals surface area (Å²) in [7, 11) is 0. The number of ketones is 2. The van der Waals surface area contributed by atoms with Crippen molar-refractivity contribution in [3.8, 4) is 11.1 Å². The molecule has 0 saturated heterocycles. The minimum Gasteiger partial charge on any atom is -0.289 e. The number of carbonyl (C=O) groups excluding carboxylic acids is 2. The molecule has 0 bridgehead atoms. The maximum Gasteiger partial charge on any atom is 0.195 e. The van der Waals surface area contributed by atoms with Crippen molar-refractivity contribution in [2.24, 2.45) is 0 Å². The molecule has 0 saturated carbocycles. The Balaban J connectivity index is 2.01. The van der Waals surface area contributed by atoms with Gasteiger partial charge in [-0.1, -0.05) is 42.5 Å². The van der Waals surface area contributed by atoms with Crippen molar-refractivity contribution in [2.75, 3.05) is 0 Å². The van der Waals surface area contributed by atoms with E-state index < -0.39 is 11.6 Å². The molecule has 3 aromatic carbocycles. The van der Waals surface area contributed by atoms with Crippen LogP contribution in [0.5, 0.6) is 0 Å². The summed E-state index contributed by atoms with van der Waals surface area (Å²) in [6.45, 7) is 0. The van der Waals surface area contributed by atoms with Gasteiger partial charge in [0.2, 0.25) is 0 Å². The van der Waals surface area contributed by atoms with E-state index in [9.17, 15) is 18.4 Å². The Morgan fingerprint density at radius 3 is 1.79 bits per heavy atom. The van der Waals surface area contributed by atoms with Gasteiger partial charge in [0, 0.05) is 28.3 Å². The SMILES string of the molecule is O=C1c2ccccc2C(=O)c2c1cccc2-c1cc(F)cc(F)c1. The van der Waals surface area contributed by atoms with Crippen LogP contribution in [0.3, 0.4) is 0 Å². The molecule has 24 heavy (non-hydrogen) atoms. The molecule has 4 rings (SSSR count). The molecule has 1 aliphatic rings. The van der Waals surface area contributed by atoms with Gasteiger partial charge in [-0.2, -0.15) is 0 Å². The molecule has 3 aromatic rings. The first-order valence-electron chi connectivity index (χ1n) is 7.34. The molecule has 0 atom stereocenters. The Morgan fingerprint density at radius 2 is 1.12 bits per heavy atom. The lowest BCUT2D eigenvalue weighted by molar-refractivity contribution is 0.0979. The van der Waals surface area contributed by atoms with Crippen molar-refractivity contribution in [1.82, 2.24) is 0 Å². The normalized spacial score (nSPS) is 12.8. The van der Waals surface area contributed by atoms with Gasteiger partial charge in [0.25, 0.3) is 0 Å². The minimum absolute atomic E-state index is 0.186. The molecular weight excluding hydrogens is 310 g/mol. The van der Waals surface area contributed by atoms with Gasteiger partial charge in [0.05, 0.1) is 0 Å². The fourth-order valence-corrected chi connectivity index (χ4v) is 3.09. The third-order valence-corrected chi connectivity index (χ3v) is 4.13. The summed E-state index contributed by atoms with van der Waals surface area (Å²) in [6.07, 6.45) is 0. The molecule has 0 aliphatic heterocycles. The molecule has 0 amide bonds. The lowest BCUT2D eigenvalue weighted by Crippen LogP contribution is -2.21. The van der Waals surface area contributed by atoms with Crippen LogP contribution >= 0.6 is 0 Å². The fraction of sp³-hybridized carbons (Fsp3) is 0. The maximum atomic E-state index is 13.6. The van der Waals surface area contributed by atoms with Gasteiger partial charge >= 0.3 is 0 Å². The second kappa shape index (κ2) is 5.20. The topological polar surface area (TPSA) is 34.1 Å². The van der Waals surface area contributed by atoms with Crippen LogP contribution in [0.4, 0.5) is 8.78 Å². The summed E-state index contributed by atoms with van der Waals surface area (Å²) in [5.74, 6) is -2.06. The highest BCUT2D eigenvalue weighted by Crippen LogP contribution is 2.34. The van der Waals surface area contributed by atoms with Gasteiger partial charge in [0.1, 0.15) is 11.6 Å². The number of carbonyl (C=O) groups is 2. The Kier molecular flexibility index (Phi) is 3.13. The standard InChI is InChI=1S/C20H10F2O2/c21-12-8-11(9-13(22)10-12)14-6-3-7-17-18(14)20(24)16-5-2-1-4-15(16)19(17)23/h1-10H. The van der Waals surface area contributed by atoms with E-state index in [1.54, 1.807) is 42.5 Å². The third-order valence-electron chi connectivity index (χ3n) is 4.13. The van der Waals surface area contributed by atoms with E-state index in [0.29, 0.717) is 16.7 Å². The van der Waals surface area contributed by atoms with Gasteiger partial charge in [0.15, 0.2) is 11.6 Å². The first-order chi connectivity index (χ1) is 11.6. The lowest BCUT2D eigenvalue weighted by Gasteiger charge is -2.20. The molecule has 1 aliphatic carbocycles. The molecule has 2 nitrogen and oxygen atoms in total. The largest absolute Gasteiger partial charge is 0.289 e. The van der Waals surface area contributed by atoms with E-state index in [4.69, 9.17) is 0 Å². The van der Waals surface area contributed by atoms with Crippen LogP contribution in [0.2, 0.25) is 0 Å². The quantitative estimate of drug-likeness (QED) is 0.521. The van der Waals surface area contributed by atoms with Gasteiger partial charge in [-0.25, -0.2) is 8.78 Å². The van der Waals surface area contributed by atoms with Crippen molar-refractivity contribution in [2.45, 2.75) is 0 Å². The van der Waals surface area contributed by atoms with Crippen LogP contribution in [0.25, 0.3) is 11.1 Å². The van der Waals surface area contributed by atoms with Crippen LogP contribution in [0, 0.1) is 11.6 Å². The molecule has 4 heteroatoms. The number of benzene rings is 3. The van der Waals surface area contributed by atoms with Crippen molar-refractivity contribution >= 4 is 11.6 Å². The zero-order valence-electron chi connectivity index (χ0n) is 12.3. The molecule has 0 radical (unpaired) electrons. The first-order valence-corrected chi connectivity index (χ1v) is 7.34. The first kappa shape index (κ1) is 14.5. The molecule has 0 unspecified atom stereocenters. The van der Waals surface area contributed by atoms with Gasteiger partial charge < -0.3 is 0 Å². The Labute approximate surface area is 136 Å². The van der Waals surface area contributed by atoms with Crippen molar-refractivity contribution < 1.29 is 18.4 Å². The summed E-state index contributed by atoms with van der Waals surface area (Å²) < 4.78 is 27.1. The number of halogens is 2. The highest BCUT2D eigenvalue weighted by Gasteiger charge is 2.31. The molecule has 0 spiro atoms. The third kappa shape index (κ3) is 2.07. The number of fused-ring (bicyclic) bond motifs is 2. The van der Waals surface area contributed by atoms with E-state index >= 15 is 0 Å². The van der Waals surface area contributed by atoms with Crippen molar-refractivity contribution in [3.05, 3.63) is 94.6 Å². The molecule has 0 aromatic heterocycles. The van der Waals surface area contributed by atoms with Gasteiger partial charge in [-0.3, -0.25) is 9.59 Å². The Bertz CT molecular complexity index is 1000. The molecule has 0 fully saturated rings. The van der Waals surface area contributed by atoms with Crippen molar-refractivity contribution in [3.63, 3.8) is 0 Å². The smallest absolute Gasteiger partial charge is 0.195 e. The maximum absolute atomic E-state index is 13.6. The summed E-state index contributed by atoms with van der Waals surface area (Å²) in [5, 5.41) is 0. The second-order valence-corrected chi connectivity index (χ2v) is 5.59. The van der Waals surface area contributed by atoms with E-state index in [0.717, 1.165) is 18.2 Å². The van der Waals surface area contributed by atoms with E-state index in [2.05, 4.69) is 0 Å². The number of hydrogen-bond acceptors (Lipinski definition) is 2. The van der Waals surface area contributed by atoms with Crippen LogP contribution < -0.4 is 0 Å². The summed E-state index contributed by atoms with van der Waals surface area (Å²) >= 11 is 0. The molecule has 116 valence electrons. The summed E-state index contributed by atoms with van der Waals surface area (Å²) in [5.41, 5.74) is 1.66. The average molecular weight is 320 g/mol. The molecule has 0 heterocycles. The van der Waals surface area contributed by atoms with Gasteiger partial charge in [-0.05, 0) is 23.3 Å². The van der Waals surface area contributed by atoms with E-state index in [1.165, 1.54) is 0 Å². The predicted molar refractivity (Wildman–Crippen MR) is 85.1 cm³/mol. The van der Waals surface area contributed by atoms with Crippen LogP contribution in [-0.4, -0.2) is 11.6 Å². The highest BCUT2D eigenvalue weighted by atomic mass is 19.1. The zero-order valence-corrected chi connectivity index (χ0v) is 12.3. The molecule has 0 N–H and O–H groups in total. The lowest BCUT2D eigenvalue weighted by atomic mass is 9.80. The van der Waals surface area contributed by atoms with Gasteiger partial charge in [-0.15, -0.1) is 0 Å². The fourth-order valence-electron chi connectivity index (χ4n) is 3.09. The minimum atomic E-state index is -0.738.